The summed E-state index contributed by atoms with van der Waals surface area (Å²) in [5, 5.41) is 10.5. The highest BCUT2D eigenvalue weighted by atomic mass is 35.5. The molecule has 2 nitrogen and oxygen atoms in total. The molecule has 0 aliphatic carbocycles. The minimum Gasteiger partial charge on any atom is -0.391 e. The van der Waals surface area contributed by atoms with Gasteiger partial charge in [-0.25, -0.2) is 0 Å². The highest BCUT2D eigenvalue weighted by molar-refractivity contribution is 6.31. The van der Waals surface area contributed by atoms with Gasteiger partial charge in [0.05, 0.1) is 12.1 Å². The molecule has 0 radical (unpaired) electrons. The van der Waals surface area contributed by atoms with E-state index in [1.165, 1.54) is 0 Å². The molecule has 0 aromatic heterocycles. The van der Waals surface area contributed by atoms with E-state index in [-0.39, 0.29) is 12.0 Å². The van der Waals surface area contributed by atoms with Gasteiger partial charge in [0.1, 0.15) is 0 Å². The zero-order valence-corrected chi connectivity index (χ0v) is 10.1. The van der Waals surface area contributed by atoms with E-state index in [9.17, 15) is 5.11 Å². The van der Waals surface area contributed by atoms with Gasteiger partial charge in [0.2, 0.25) is 0 Å². The molecule has 0 saturated carbocycles. The summed E-state index contributed by atoms with van der Waals surface area (Å²) in [4.78, 5) is 0. The van der Waals surface area contributed by atoms with Gasteiger partial charge in [-0.05, 0) is 30.0 Å². The van der Waals surface area contributed by atoms with Gasteiger partial charge in [-0.1, -0.05) is 37.6 Å². The molecule has 0 amide bonds. The summed E-state index contributed by atoms with van der Waals surface area (Å²) in [5.41, 5.74) is 7.85. The molecule has 0 bridgehead atoms. The third kappa shape index (κ3) is 2.94. The summed E-state index contributed by atoms with van der Waals surface area (Å²) >= 11 is 6.00. The number of aryl methyl sites for hydroxylation is 1. The smallest absolute Gasteiger partial charge is 0.0755 e. The number of nitrogens with two attached hydrogens (primary N) is 1. The van der Waals surface area contributed by atoms with Crippen LogP contribution in [0.3, 0.4) is 0 Å². The van der Waals surface area contributed by atoms with Gasteiger partial charge in [0.15, 0.2) is 0 Å². The van der Waals surface area contributed by atoms with Gasteiger partial charge in [0, 0.05) is 5.02 Å². The Balaban J connectivity index is 2.91. The van der Waals surface area contributed by atoms with Crippen LogP contribution in [0.1, 0.15) is 31.0 Å². The Morgan fingerprint density at radius 1 is 1.33 bits per heavy atom. The van der Waals surface area contributed by atoms with Crippen LogP contribution in [-0.2, 0) is 0 Å². The lowest BCUT2D eigenvalue weighted by Gasteiger charge is -2.22. The number of halogens is 1. The maximum absolute atomic E-state index is 9.84. The first kappa shape index (κ1) is 12.5. The van der Waals surface area contributed by atoms with Crippen LogP contribution in [0.25, 0.3) is 0 Å². The molecule has 84 valence electrons. The Bertz CT molecular complexity index is 338. The standard InChI is InChI=1S/C12H18ClNO/c1-7(2)12(15)11(14)9-5-4-8(3)10(13)6-9/h4-7,11-12,15H,14H2,1-3H3/t11-,12+/m1/s1. The Labute approximate surface area is 96.1 Å². The van der Waals surface area contributed by atoms with Crippen LogP contribution in [0.15, 0.2) is 18.2 Å². The molecule has 1 aromatic carbocycles. The van der Waals surface area contributed by atoms with Crippen molar-refractivity contribution in [2.45, 2.75) is 32.9 Å². The predicted octanol–water partition coefficient (Wildman–Crippen LogP) is 2.67. The SMILES string of the molecule is Cc1ccc([C@@H](N)[C@@H](O)C(C)C)cc1Cl. The summed E-state index contributed by atoms with van der Waals surface area (Å²) in [7, 11) is 0. The summed E-state index contributed by atoms with van der Waals surface area (Å²) in [6, 6.07) is 5.29. The van der Waals surface area contributed by atoms with Crippen LogP contribution in [0.2, 0.25) is 5.02 Å². The van der Waals surface area contributed by atoms with Crippen molar-refractivity contribution in [1.82, 2.24) is 0 Å². The van der Waals surface area contributed by atoms with E-state index in [1.807, 2.05) is 39.0 Å². The molecule has 3 heteroatoms. The molecule has 0 fully saturated rings. The molecular formula is C12H18ClNO. The predicted molar refractivity (Wildman–Crippen MR) is 64.0 cm³/mol. The number of rotatable bonds is 3. The Hall–Kier alpha value is -0.570. The van der Waals surface area contributed by atoms with Gasteiger partial charge in [0.25, 0.3) is 0 Å². The molecule has 1 rings (SSSR count). The number of hydrogen-bond donors (Lipinski definition) is 2. The van der Waals surface area contributed by atoms with Crippen LogP contribution in [-0.4, -0.2) is 11.2 Å². The molecule has 0 saturated heterocycles. The van der Waals surface area contributed by atoms with Gasteiger partial charge >= 0.3 is 0 Å². The minimum atomic E-state index is -0.538. The summed E-state index contributed by atoms with van der Waals surface area (Å²) < 4.78 is 0. The fourth-order valence-electron chi connectivity index (χ4n) is 1.43. The molecule has 0 unspecified atom stereocenters. The maximum Gasteiger partial charge on any atom is 0.0755 e. The molecule has 0 aliphatic rings. The third-order valence-corrected chi connectivity index (χ3v) is 3.04. The second-order valence-corrected chi connectivity index (χ2v) is 4.68. The summed E-state index contributed by atoms with van der Waals surface area (Å²) in [6.07, 6.45) is -0.538. The van der Waals surface area contributed by atoms with Crippen molar-refractivity contribution in [2.24, 2.45) is 11.7 Å². The molecular weight excluding hydrogens is 210 g/mol. The van der Waals surface area contributed by atoms with E-state index in [0.29, 0.717) is 5.02 Å². The van der Waals surface area contributed by atoms with E-state index in [4.69, 9.17) is 17.3 Å². The van der Waals surface area contributed by atoms with Crippen molar-refractivity contribution < 1.29 is 5.11 Å². The minimum absolute atomic E-state index is 0.139. The van der Waals surface area contributed by atoms with Crippen LogP contribution < -0.4 is 5.73 Å². The Morgan fingerprint density at radius 2 is 1.93 bits per heavy atom. The molecule has 2 atom stereocenters. The lowest BCUT2D eigenvalue weighted by atomic mass is 9.94. The average Bonchev–Trinajstić information content (AvgIpc) is 2.19. The molecule has 1 aromatic rings. The van der Waals surface area contributed by atoms with Crippen LogP contribution >= 0.6 is 11.6 Å². The molecule has 0 spiro atoms. The zero-order chi connectivity index (χ0) is 11.6. The lowest BCUT2D eigenvalue weighted by molar-refractivity contribution is 0.0979. The zero-order valence-electron chi connectivity index (χ0n) is 9.37. The van der Waals surface area contributed by atoms with E-state index >= 15 is 0 Å². The highest BCUT2D eigenvalue weighted by Gasteiger charge is 2.20. The van der Waals surface area contributed by atoms with Gasteiger partial charge in [-0.3, -0.25) is 0 Å². The Kier molecular flexibility index (Phi) is 4.14. The number of aliphatic hydroxyl groups excluding tert-OH is 1. The van der Waals surface area contributed by atoms with Gasteiger partial charge in [-0.2, -0.15) is 0 Å². The highest BCUT2D eigenvalue weighted by Crippen LogP contribution is 2.24. The maximum atomic E-state index is 9.84. The van der Waals surface area contributed by atoms with Crippen molar-refractivity contribution in [3.05, 3.63) is 34.3 Å². The van der Waals surface area contributed by atoms with Crippen LogP contribution in [0.4, 0.5) is 0 Å². The van der Waals surface area contributed by atoms with Crippen molar-refractivity contribution >= 4 is 11.6 Å². The van der Waals surface area contributed by atoms with E-state index in [1.54, 1.807) is 0 Å². The monoisotopic (exact) mass is 227 g/mol. The second kappa shape index (κ2) is 4.97. The fraction of sp³-hybridized carbons (Fsp3) is 0.500. The quantitative estimate of drug-likeness (QED) is 0.834. The third-order valence-electron chi connectivity index (χ3n) is 2.63. The average molecular weight is 228 g/mol. The number of hydrogen-bond acceptors (Lipinski definition) is 2. The molecule has 0 aliphatic heterocycles. The summed E-state index contributed by atoms with van der Waals surface area (Å²) in [6.45, 7) is 5.83. The lowest BCUT2D eigenvalue weighted by Crippen LogP contribution is -2.30. The van der Waals surface area contributed by atoms with E-state index < -0.39 is 6.10 Å². The fourth-order valence-corrected chi connectivity index (χ4v) is 1.62. The van der Waals surface area contributed by atoms with Crippen molar-refractivity contribution in [1.29, 1.82) is 0 Å². The second-order valence-electron chi connectivity index (χ2n) is 4.27. The van der Waals surface area contributed by atoms with Crippen molar-refractivity contribution in [3.63, 3.8) is 0 Å². The molecule has 0 heterocycles. The van der Waals surface area contributed by atoms with Crippen LogP contribution in [0, 0.1) is 12.8 Å². The topological polar surface area (TPSA) is 46.2 Å². The van der Waals surface area contributed by atoms with Gasteiger partial charge < -0.3 is 10.8 Å². The van der Waals surface area contributed by atoms with E-state index in [0.717, 1.165) is 11.1 Å². The first-order chi connectivity index (χ1) is 6.93. The van der Waals surface area contributed by atoms with Crippen LogP contribution in [0.5, 0.6) is 0 Å². The Morgan fingerprint density at radius 3 is 2.40 bits per heavy atom. The van der Waals surface area contributed by atoms with Gasteiger partial charge in [-0.15, -0.1) is 0 Å². The summed E-state index contributed by atoms with van der Waals surface area (Å²) in [5.74, 6) is 0.139. The molecule has 15 heavy (non-hydrogen) atoms. The van der Waals surface area contributed by atoms with E-state index in [2.05, 4.69) is 0 Å². The first-order valence-electron chi connectivity index (χ1n) is 5.13. The number of benzene rings is 1. The normalized spacial score (nSPS) is 15.4. The largest absolute Gasteiger partial charge is 0.391 e. The van der Waals surface area contributed by atoms with Crippen molar-refractivity contribution in [3.8, 4) is 0 Å². The number of aliphatic hydroxyl groups is 1. The first-order valence-corrected chi connectivity index (χ1v) is 5.51. The molecule has 3 N–H and O–H groups in total. The van der Waals surface area contributed by atoms with Crippen molar-refractivity contribution in [2.75, 3.05) is 0 Å².